The Morgan fingerprint density at radius 1 is 1.07 bits per heavy atom. The molecule has 1 aliphatic heterocycles. The van der Waals surface area contributed by atoms with Gasteiger partial charge in [-0.15, -0.1) is 0 Å². The molecule has 4 nitrogen and oxygen atoms in total. The summed E-state index contributed by atoms with van der Waals surface area (Å²) in [6, 6.07) is 17.7. The van der Waals surface area contributed by atoms with Crippen LogP contribution in [0.4, 0.5) is 10.1 Å². The minimum atomic E-state index is -0.366. The van der Waals surface area contributed by atoms with E-state index in [1.807, 2.05) is 42.5 Å². The molecule has 0 spiro atoms. The third kappa shape index (κ3) is 3.85. The van der Waals surface area contributed by atoms with E-state index < -0.39 is 0 Å². The molecular weight excluding hydrogens is 363 g/mol. The Morgan fingerprint density at radius 2 is 1.89 bits per heavy atom. The van der Waals surface area contributed by atoms with Gasteiger partial charge in [-0.1, -0.05) is 24.3 Å². The van der Waals surface area contributed by atoms with Crippen molar-refractivity contribution in [2.75, 3.05) is 7.11 Å². The lowest BCUT2D eigenvalue weighted by Gasteiger charge is -2.03. The number of ether oxygens (including phenoxy) is 1. The van der Waals surface area contributed by atoms with Crippen LogP contribution >= 0.6 is 11.8 Å². The van der Waals surface area contributed by atoms with Crippen LogP contribution in [0.3, 0.4) is 0 Å². The summed E-state index contributed by atoms with van der Waals surface area (Å²) in [7, 11) is 1.64. The van der Waals surface area contributed by atoms with Crippen molar-refractivity contribution in [2.45, 2.75) is 0 Å². The van der Waals surface area contributed by atoms with Crippen LogP contribution in [0.1, 0.15) is 5.56 Å². The quantitative estimate of drug-likeness (QED) is 0.661. The second kappa shape index (κ2) is 7.25. The lowest BCUT2D eigenvalue weighted by Crippen LogP contribution is -2.19. The maximum absolute atomic E-state index is 13.3. The fraction of sp³-hybridized carbons (Fsp3) is 0.0476. The van der Waals surface area contributed by atoms with Crippen molar-refractivity contribution in [3.8, 4) is 5.75 Å². The molecule has 1 N–H and O–H groups in total. The summed E-state index contributed by atoms with van der Waals surface area (Å²) in [5.74, 6) is 0.220. The Morgan fingerprint density at radius 3 is 2.70 bits per heavy atom. The van der Waals surface area contributed by atoms with E-state index in [1.54, 1.807) is 19.2 Å². The first-order valence-corrected chi connectivity index (χ1v) is 9.05. The molecule has 1 amide bonds. The van der Waals surface area contributed by atoms with Crippen LogP contribution in [0.25, 0.3) is 16.8 Å². The van der Waals surface area contributed by atoms with Gasteiger partial charge in [0.05, 0.1) is 17.7 Å². The SMILES string of the molecule is COc1ccc2cc(C=C3SC(=Nc4cccc(F)c4)NC3=O)ccc2c1. The van der Waals surface area contributed by atoms with Crippen molar-refractivity contribution in [1.82, 2.24) is 5.32 Å². The van der Waals surface area contributed by atoms with E-state index in [9.17, 15) is 9.18 Å². The lowest BCUT2D eigenvalue weighted by atomic mass is 10.1. The van der Waals surface area contributed by atoms with Gasteiger partial charge in [-0.25, -0.2) is 9.38 Å². The number of aliphatic imine (C=N–C) groups is 1. The molecular formula is C21H15FN2O2S. The van der Waals surface area contributed by atoms with Crippen molar-refractivity contribution >= 4 is 45.4 Å². The highest BCUT2D eigenvalue weighted by Crippen LogP contribution is 2.29. The fourth-order valence-electron chi connectivity index (χ4n) is 2.75. The van der Waals surface area contributed by atoms with E-state index in [1.165, 1.54) is 23.9 Å². The van der Waals surface area contributed by atoms with Crippen molar-refractivity contribution in [3.63, 3.8) is 0 Å². The number of amides is 1. The first-order chi connectivity index (χ1) is 13.1. The monoisotopic (exact) mass is 378 g/mol. The van der Waals surface area contributed by atoms with Crippen LogP contribution in [-0.4, -0.2) is 18.2 Å². The fourth-order valence-corrected chi connectivity index (χ4v) is 3.60. The van der Waals surface area contributed by atoms with Crippen LogP contribution in [0.5, 0.6) is 5.75 Å². The van der Waals surface area contributed by atoms with Gasteiger partial charge in [0.25, 0.3) is 5.91 Å². The van der Waals surface area contributed by atoms with E-state index >= 15 is 0 Å². The zero-order valence-electron chi connectivity index (χ0n) is 14.4. The molecule has 4 rings (SSSR count). The molecule has 0 aromatic heterocycles. The normalized spacial score (nSPS) is 16.9. The number of carbonyl (C=O) groups is 1. The number of rotatable bonds is 3. The summed E-state index contributed by atoms with van der Waals surface area (Å²) in [5.41, 5.74) is 1.37. The van der Waals surface area contributed by atoms with Crippen LogP contribution < -0.4 is 10.1 Å². The zero-order valence-corrected chi connectivity index (χ0v) is 15.2. The molecule has 0 bridgehead atoms. The van der Waals surface area contributed by atoms with Gasteiger partial charge in [0, 0.05) is 0 Å². The third-order valence-corrected chi connectivity index (χ3v) is 4.97. The maximum Gasteiger partial charge on any atom is 0.264 e. The standard InChI is InChI=1S/C21H15FN2O2S/c1-26-18-8-7-14-9-13(5-6-15(14)11-18)10-19-20(25)24-21(27-19)23-17-4-2-3-16(22)12-17/h2-12H,1H3,(H,23,24,25). The summed E-state index contributed by atoms with van der Waals surface area (Å²) in [5, 5.41) is 5.26. The number of amidine groups is 1. The number of nitrogens with zero attached hydrogens (tertiary/aromatic N) is 1. The van der Waals surface area contributed by atoms with E-state index in [-0.39, 0.29) is 11.7 Å². The van der Waals surface area contributed by atoms with E-state index in [0.717, 1.165) is 22.1 Å². The molecule has 134 valence electrons. The van der Waals surface area contributed by atoms with Crippen LogP contribution in [-0.2, 0) is 4.79 Å². The zero-order chi connectivity index (χ0) is 18.8. The van der Waals surface area contributed by atoms with Gasteiger partial charge >= 0.3 is 0 Å². The van der Waals surface area contributed by atoms with Gasteiger partial charge in [0.1, 0.15) is 11.6 Å². The number of carbonyl (C=O) groups excluding carboxylic acids is 1. The van der Waals surface area contributed by atoms with Crippen molar-refractivity contribution in [3.05, 3.63) is 76.9 Å². The molecule has 0 unspecified atom stereocenters. The molecule has 1 saturated heterocycles. The van der Waals surface area contributed by atoms with E-state index in [4.69, 9.17) is 4.74 Å². The topological polar surface area (TPSA) is 50.7 Å². The summed E-state index contributed by atoms with van der Waals surface area (Å²) in [4.78, 5) is 17.0. The van der Waals surface area contributed by atoms with Crippen LogP contribution in [0, 0.1) is 5.82 Å². The Hall–Kier alpha value is -3.12. The number of halogens is 1. The molecule has 3 aromatic rings. The molecule has 1 fully saturated rings. The minimum Gasteiger partial charge on any atom is -0.497 e. The Labute approximate surface area is 159 Å². The van der Waals surface area contributed by atoms with Crippen molar-refractivity contribution in [1.29, 1.82) is 0 Å². The maximum atomic E-state index is 13.3. The summed E-state index contributed by atoms with van der Waals surface area (Å²) in [6.45, 7) is 0. The average molecular weight is 378 g/mol. The number of hydrogen-bond donors (Lipinski definition) is 1. The molecule has 1 aliphatic rings. The highest BCUT2D eigenvalue weighted by atomic mass is 32.2. The summed E-state index contributed by atoms with van der Waals surface area (Å²) >= 11 is 1.23. The molecule has 0 aliphatic carbocycles. The molecule has 0 radical (unpaired) electrons. The third-order valence-electron chi connectivity index (χ3n) is 4.06. The number of benzene rings is 3. The van der Waals surface area contributed by atoms with Crippen LogP contribution in [0.15, 0.2) is 70.6 Å². The van der Waals surface area contributed by atoms with Crippen molar-refractivity contribution < 1.29 is 13.9 Å². The second-order valence-corrected chi connectivity index (χ2v) is 6.96. The number of nitrogens with one attached hydrogen (secondary N) is 1. The highest BCUT2D eigenvalue weighted by molar-refractivity contribution is 8.18. The van der Waals surface area contributed by atoms with Gasteiger partial charge in [0.15, 0.2) is 5.17 Å². The Balaban J connectivity index is 1.60. The number of fused-ring (bicyclic) bond motifs is 1. The predicted molar refractivity (Wildman–Crippen MR) is 108 cm³/mol. The first-order valence-electron chi connectivity index (χ1n) is 8.24. The average Bonchev–Trinajstić information content (AvgIpc) is 3.00. The molecule has 0 atom stereocenters. The Bertz CT molecular complexity index is 1110. The lowest BCUT2D eigenvalue weighted by molar-refractivity contribution is -0.115. The molecule has 6 heteroatoms. The number of hydrogen-bond acceptors (Lipinski definition) is 4. The summed E-state index contributed by atoms with van der Waals surface area (Å²) < 4.78 is 18.5. The number of thioether (sulfide) groups is 1. The smallest absolute Gasteiger partial charge is 0.264 e. The van der Waals surface area contributed by atoms with Crippen molar-refractivity contribution in [2.24, 2.45) is 4.99 Å². The molecule has 3 aromatic carbocycles. The largest absolute Gasteiger partial charge is 0.497 e. The van der Waals surface area contributed by atoms with Crippen LogP contribution in [0.2, 0.25) is 0 Å². The first kappa shape index (κ1) is 17.3. The predicted octanol–water partition coefficient (Wildman–Crippen LogP) is 4.88. The van der Waals surface area contributed by atoms with Gasteiger partial charge < -0.3 is 10.1 Å². The van der Waals surface area contributed by atoms with Gasteiger partial charge in [-0.3, -0.25) is 4.79 Å². The number of methoxy groups -OCH3 is 1. The van der Waals surface area contributed by atoms with E-state index in [2.05, 4.69) is 10.3 Å². The van der Waals surface area contributed by atoms with Gasteiger partial charge in [-0.05, 0) is 70.6 Å². The van der Waals surface area contributed by atoms with E-state index in [0.29, 0.717) is 15.8 Å². The molecule has 1 heterocycles. The minimum absolute atomic E-state index is 0.218. The van der Waals surface area contributed by atoms with Gasteiger partial charge in [0.2, 0.25) is 0 Å². The Kier molecular flexibility index (Phi) is 4.64. The van der Waals surface area contributed by atoms with Gasteiger partial charge in [-0.2, -0.15) is 0 Å². The molecule has 27 heavy (non-hydrogen) atoms. The highest BCUT2D eigenvalue weighted by Gasteiger charge is 2.23. The summed E-state index contributed by atoms with van der Waals surface area (Å²) in [6.07, 6.45) is 1.82. The second-order valence-electron chi connectivity index (χ2n) is 5.93. The molecule has 0 saturated carbocycles.